The number of aliphatic imine (C=N–C) groups is 1. The van der Waals surface area contributed by atoms with E-state index in [1.165, 1.54) is 0 Å². The van der Waals surface area contributed by atoms with Gasteiger partial charge >= 0.3 is 6.09 Å². The molecule has 0 spiro atoms. The summed E-state index contributed by atoms with van der Waals surface area (Å²) in [4.78, 5) is 19.1. The van der Waals surface area contributed by atoms with Gasteiger partial charge in [0.25, 0.3) is 0 Å². The Morgan fingerprint density at radius 2 is 1.96 bits per heavy atom. The first-order valence-corrected chi connectivity index (χ1v) is 10.3. The molecule has 1 aliphatic heterocycles. The Labute approximate surface area is 170 Å². The van der Waals surface area contributed by atoms with Crippen molar-refractivity contribution in [3.63, 3.8) is 0 Å². The minimum absolute atomic E-state index is 0.371. The Morgan fingerprint density at radius 1 is 1.29 bits per heavy atom. The first-order chi connectivity index (χ1) is 12.9. The fourth-order valence-corrected chi connectivity index (χ4v) is 2.99. The van der Waals surface area contributed by atoms with E-state index in [2.05, 4.69) is 39.7 Å². The zero-order valence-corrected chi connectivity index (χ0v) is 19.0. The molecular formula is C20H41N5O3. The fourth-order valence-electron chi connectivity index (χ4n) is 2.99. The van der Waals surface area contributed by atoms with Crippen molar-refractivity contribution in [3.8, 4) is 0 Å². The lowest BCUT2D eigenvalue weighted by molar-refractivity contribution is -0.0174. The third-order valence-corrected chi connectivity index (χ3v) is 4.37. The second-order valence-electron chi connectivity index (χ2n) is 9.10. The predicted molar refractivity (Wildman–Crippen MR) is 114 cm³/mol. The van der Waals surface area contributed by atoms with Gasteiger partial charge in [-0.25, -0.2) is 4.79 Å². The van der Waals surface area contributed by atoms with E-state index in [4.69, 9.17) is 9.47 Å². The summed E-state index contributed by atoms with van der Waals surface area (Å²) in [6.45, 7) is 20.4. The molecule has 2 atom stereocenters. The van der Waals surface area contributed by atoms with Gasteiger partial charge in [0, 0.05) is 31.7 Å². The molecule has 0 bridgehead atoms. The molecule has 1 amide bonds. The smallest absolute Gasteiger partial charge is 0.408 e. The van der Waals surface area contributed by atoms with Gasteiger partial charge in [-0.15, -0.1) is 0 Å². The first kappa shape index (κ1) is 24.5. The zero-order chi connectivity index (χ0) is 21.4. The van der Waals surface area contributed by atoms with Crippen molar-refractivity contribution in [2.45, 2.75) is 78.6 Å². The van der Waals surface area contributed by atoms with Crippen LogP contribution in [0, 0.1) is 0 Å². The van der Waals surface area contributed by atoms with Gasteiger partial charge < -0.3 is 25.4 Å². The van der Waals surface area contributed by atoms with E-state index < -0.39 is 17.2 Å². The number of hydrogen-bond donors (Lipinski definition) is 3. The van der Waals surface area contributed by atoms with E-state index in [1.807, 2.05) is 41.5 Å². The van der Waals surface area contributed by atoms with Crippen LogP contribution in [0.2, 0.25) is 0 Å². The Kier molecular flexibility index (Phi) is 9.50. The van der Waals surface area contributed by atoms with E-state index in [0.717, 1.165) is 38.8 Å². The number of nitrogens with one attached hydrogen (secondary N) is 3. The van der Waals surface area contributed by atoms with E-state index in [1.54, 1.807) is 0 Å². The number of amides is 1. The summed E-state index contributed by atoms with van der Waals surface area (Å²) < 4.78 is 10.9. The van der Waals surface area contributed by atoms with E-state index in [-0.39, 0.29) is 0 Å². The van der Waals surface area contributed by atoms with Crippen molar-refractivity contribution in [3.05, 3.63) is 0 Å². The molecule has 0 aromatic rings. The third kappa shape index (κ3) is 9.59. The van der Waals surface area contributed by atoms with E-state index >= 15 is 0 Å². The number of carbonyl (C=O) groups excluding carboxylic acids is 1. The minimum Gasteiger partial charge on any atom is -0.444 e. The summed E-state index contributed by atoms with van der Waals surface area (Å²) in [5.74, 6) is 0.745. The van der Waals surface area contributed by atoms with Crippen LogP contribution in [-0.4, -0.2) is 79.6 Å². The lowest BCUT2D eigenvalue weighted by Crippen LogP contribution is -2.53. The van der Waals surface area contributed by atoms with Gasteiger partial charge in [-0.1, -0.05) is 0 Å². The van der Waals surface area contributed by atoms with Gasteiger partial charge in [-0.05, 0) is 55.4 Å². The highest BCUT2D eigenvalue weighted by Gasteiger charge is 2.25. The van der Waals surface area contributed by atoms with Gasteiger partial charge in [-0.2, -0.15) is 0 Å². The molecule has 0 aromatic heterocycles. The average molecular weight is 400 g/mol. The van der Waals surface area contributed by atoms with Crippen LogP contribution >= 0.6 is 0 Å². The molecule has 1 aliphatic rings. The number of nitrogens with zero attached hydrogens (tertiary/aromatic N) is 2. The second-order valence-corrected chi connectivity index (χ2v) is 9.10. The molecule has 2 unspecified atom stereocenters. The quantitative estimate of drug-likeness (QED) is 0.448. The monoisotopic (exact) mass is 399 g/mol. The first-order valence-electron chi connectivity index (χ1n) is 10.3. The number of rotatable bonds is 7. The van der Waals surface area contributed by atoms with Crippen LogP contribution in [0.1, 0.15) is 55.4 Å². The normalized spacial score (nSPS) is 20.4. The van der Waals surface area contributed by atoms with Crippen molar-refractivity contribution < 1.29 is 14.3 Å². The number of alkyl carbamates (subject to hydrolysis) is 1. The molecule has 1 fully saturated rings. The number of carbonyl (C=O) groups is 1. The number of ether oxygens (including phenoxy) is 2. The van der Waals surface area contributed by atoms with Crippen LogP contribution in [0.5, 0.6) is 0 Å². The molecule has 1 heterocycles. The maximum atomic E-state index is 12.0. The maximum absolute atomic E-state index is 12.0. The van der Waals surface area contributed by atoms with Gasteiger partial charge in [0.1, 0.15) is 5.60 Å². The fraction of sp³-hybridized carbons (Fsp3) is 0.900. The molecule has 1 rings (SSSR count). The minimum atomic E-state index is -0.521. The highest BCUT2D eigenvalue weighted by Crippen LogP contribution is 2.11. The second kappa shape index (κ2) is 10.9. The van der Waals surface area contributed by atoms with Gasteiger partial charge in [0.2, 0.25) is 0 Å². The van der Waals surface area contributed by atoms with Gasteiger partial charge in [0.05, 0.1) is 25.3 Å². The van der Waals surface area contributed by atoms with Crippen LogP contribution in [-0.2, 0) is 9.47 Å². The number of morpholine rings is 1. The standard InChI is InChI=1S/C20H41N5O3/c1-9-21-17(22-12-15(2)25-10-11-27-13-16(25)3)23-14-20(7,8)24-18(26)28-19(4,5)6/h15-16H,9-14H2,1-8H3,(H,24,26)(H2,21,22,23). The summed E-state index contributed by atoms with van der Waals surface area (Å²) in [5, 5.41) is 9.57. The topological polar surface area (TPSA) is 87.2 Å². The van der Waals surface area contributed by atoms with E-state index in [0.29, 0.717) is 18.6 Å². The number of guanidine groups is 1. The van der Waals surface area contributed by atoms with Crippen molar-refractivity contribution in [1.82, 2.24) is 20.9 Å². The lowest BCUT2D eigenvalue weighted by atomic mass is 10.1. The molecule has 0 saturated carbocycles. The molecule has 8 nitrogen and oxygen atoms in total. The SMILES string of the molecule is CCNC(=NCC(C)(C)NC(=O)OC(C)(C)C)NCC(C)N1CCOCC1C. The summed E-state index contributed by atoms with van der Waals surface area (Å²) in [5.41, 5.74) is -1.04. The summed E-state index contributed by atoms with van der Waals surface area (Å²) in [7, 11) is 0. The third-order valence-electron chi connectivity index (χ3n) is 4.37. The highest BCUT2D eigenvalue weighted by atomic mass is 16.6. The highest BCUT2D eigenvalue weighted by molar-refractivity contribution is 5.79. The Bertz CT molecular complexity index is 516. The largest absolute Gasteiger partial charge is 0.444 e. The summed E-state index contributed by atoms with van der Waals surface area (Å²) in [6, 6.07) is 0.790. The summed E-state index contributed by atoms with van der Waals surface area (Å²) in [6.07, 6.45) is -0.430. The summed E-state index contributed by atoms with van der Waals surface area (Å²) >= 11 is 0. The van der Waals surface area contributed by atoms with Crippen molar-refractivity contribution >= 4 is 12.1 Å². The molecule has 28 heavy (non-hydrogen) atoms. The van der Waals surface area contributed by atoms with Crippen LogP contribution in [0.25, 0.3) is 0 Å². The molecule has 1 saturated heterocycles. The Morgan fingerprint density at radius 3 is 2.54 bits per heavy atom. The number of hydrogen-bond acceptors (Lipinski definition) is 5. The van der Waals surface area contributed by atoms with E-state index in [9.17, 15) is 4.79 Å². The Balaban J connectivity index is 2.58. The van der Waals surface area contributed by atoms with Crippen LogP contribution < -0.4 is 16.0 Å². The molecular weight excluding hydrogens is 358 g/mol. The lowest BCUT2D eigenvalue weighted by Gasteiger charge is -2.38. The predicted octanol–water partition coefficient (Wildman–Crippen LogP) is 1.95. The molecule has 3 N–H and O–H groups in total. The molecule has 0 radical (unpaired) electrons. The van der Waals surface area contributed by atoms with Crippen LogP contribution in [0.15, 0.2) is 4.99 Å². The maximum Gasteiger partial charge on any atom is 0.408 e. The zero-order valence-electron chi connectivity index (χ0n) is 19.0. The Hall–Kier alpha value is -1.54. The van der Waals surface area contributed by atoms with Crippen LogP contribution in [0.3, 0.4) is 0 Å². The van der Waals surface area contributed by atoms with Gasteiger partial charge in [0.15, 0.2) is 5.96 Å². The van der Waals surface area contributed by atoms with Crippen molar-refractivity contribution in [2.75, 3.05) is 39.4 Å². The molecule has 164 valence electrons. The van der Waals surface area contributed by atoms with Crippen LogP contribution in [0.4, 0.5) is 4.79 Å². The molecule has 0 aliphatic carbocycles. The molecule has 0 aromatic carbocycles. The van der Waals surface area contributed by atoms with Gasteiger partial charge in [-0.3, -0.25) is 9.89 Å². The average Bonchev–Trinajstić information content (AvgIpc) is 2.55. The molecule has 8 heteroatoms. The van der Waals surface area contributed by atoms with Crippen molar-refractivity contribution in [2.24, 2.45) is 4.99 Å². The van der Waals surface area contributed by atoms with Crippen molar-refractivity contribution in [1.29, 1.82) is 0 Å².